The van der Waals surface area contributed by atoms with Crippen molar-refractivity contribution in [2.45, 2.75) is 18.2 Å². The molecule has 0 aliphatic carbocycles. The number of amides is 1. The molecule has 6 nitrogen and oxygen atoms in total. The van der Waals surface area contributed by atoms with Gasteiger partial charge in [-0.3, -0.25) is 14.0 Å². The van der Waals surface area contributed by atoms with Crippen LogP contribution in [0.15, 0.2) is 29.2 Å². The lowest BCUT2D eigenvalue weighted by Crippen LogP contribution is -2.38. The van der Waals surface area contributed by atoms with Crippen LogP contribution in [-0.4, -0.2) is 51.8 Å². The Hall–Kier alpha value is -1.80. The van der Waals surface area contributed by atoms with Crippen LogP contribution in [0.1, 0.15) is 23.7 Å². The number of Topliss-reactive ketones (excluding diaryl/α,β-unsaturated/α-hetero) is 1. The molecule has 0 heterocycles. The molecular formula is C14H19FN2O4S. The van der Waals surface area contributed by atoms with E-state index in [0.29, 0.717) is 5.56 Å². The summed E-state index contributed by atoms with van der Waals surface area (Å²) in [5.74, 6) is -0.612. The van der Waals surface area contributed by atoms with E-state index >= 15 is 0 Å². The van der Waals surface area contributed by atoms with Gasteiger partial charge in [-0.15, -0.1) is 0 Å². The Labute approximate surface area is 129 Å². The first-order valence-corrected chi connectivity index (χ1v) is 8.17. The Kier molecular flexibility index (Phi) is 6.63. The van der Waals surface area contributed by atoms with Crippen molar-refractivity contribution >= 4 is 21.7 Å². The fourth-order valence-electron chi connectivity index (χ4n) is 1.67. The molecule has 0 radical (unpaired) electrons. The quantitative estimate of drug-likeness (QED) is 0.720. The number of hydrogen-bond acceptors (Lipinski definition) is 4. The minimum absolute atomic E-state index is 0.0308. The first-order valence-electron chi connectivity index (χ1n) is 6.68. The van der Waals surface area contributed by atoms with Gasteiger partial charge >= 0.3 is 0 Å². The van der Waals surface area contributed by atoms with E-state index in [1.54, 1.807) is 0 Å². The summed E-state index contributed by atoms with van der Waals surface area (Å²) in [6, 6.07) is 5.42. The molecule has 0 bridgehead atoms. The highest BCUT2D eigenvalue weighted by Crippen LogP contribution is 2.10. The van der Waals surface area contributed by atoms with Crippen LogP contribution in [0.4, 0.5) is 4.39 Å². The van der Waals surface area contributed by atoms with E-state index in [1.165, 1.54) is 43.1 Å². The van der Waals surface area contributed by atoms with E-state index in [-0.39, 0.29) is 23.6 Å². The van der Waals surface area contributed by atoms with Gasteiger partial charge in [-0.2, -0.15) is 0 Å². The van der Waals surface area contributed by atoms with Crippen molar-refractivity contribution in [3.05, 3.63) is 29.8 Å². The van der Waals surface area contributed by atoms with Crippen molar-refractivity contribution < 1.29 is 22.4 Å². The van der Waals surface area contributed by atoms with Crippen LogP contribution < -0.4 is 4.72 Å². The largest absolute Gasteiger partial charge is 0.345 e. The Morgan fingerprint density at radius 2 is 1.82 bits per heavy atom. The third-order valence-electron chi connectivity index (χ3n) is 3.04. The van der Waals surface area contributed by atoms with Gasteiger partial charge in [0.15, 0.2) is 5.78 Å². The SMILES string of the molecule is CC(=O)c1ccc(S(=O)(=O)NCC(=O)N(C)CCCF)cc1. The molecule has 0 atom stereocenters. The van der Waals surface area contributed by atoms with Crippen molar-refractivity contribution in [3.63, 3.8) is 0 Å². The molecule has 1 N–H and O–H groups in total. The lowest BCUT2D eigenvalue weighted by atomic mass is 10.2. The summed E-state index contributed by atoms with van der Waals surface area (Å²) in [7, 11) is -2.35. The van der Waals surface area contributed by atoms with Gasteiger partial charge in [0, 0.05) is 19.2 Å². The number of hydrogen-bond donors (Lipinski definition) is 1. The zero-order valence-corrected chi connectivity index (χ0v) is 13.3. The monoisotopic (exact) mass is 330 g/mol. The molecule has 0 fully saturated rings. The van der Waals surface area contributed by atoms with Crippen LogP contribution in [0, 0.1) is 0 Å². The molecule has 0 saturated carbocycles. The number of carbonyl (C=O) groups excluding carboxylic acids is 2. The Morgan fingerprint density at radius 3 is 2.32 bits per heavy atom. The number of benzene rings is 1. The zero-order valence-electron chi connectivity index (χ0n) is 12.5. The molecule has 0 saturated heterocycles. The van der Waals surface area contributed by atoms with E-state index in [0.717, 1.165) is 0 Å². The topological polar surface area (TPSA) is 83.5 Å². The highest BCUT2D eigenvalue weighted by Gasteiger charge is 2.17. The van der Waals surface area contributed by atoms with Gasteiger partial charge in [-0.05, 0) is 25.5 Å². The van der Waals surface area contributed by atoms with E-state index in [9.17, 15) is 22.4 Å². The lowest BCUT2D eigenvalue weighted by Gasteiger charge is -2.16. The molecule has 1 amide bonds. The molecule has 8 heteroatoms. The van der Waals surface area contributed by atoms with Crippen LogP contribution in [0.25, 0.3) is 0 Å². The molecular weight excluding hydrogens is 311 g/mol. The second kappa shape index (κ2) is 8.00. The van der Waals surface area contributed by atoms with Crippen molar-refractivity contribution in [1.29, 1.82) is 0 Å². The summed E-state index contributed by atoms with van der Waals surface area (Å²) in [5, 5.41) is 0. The highest BCUT2D eigenvalue weighted by atomic mass is 32.2. The summed E-state index contributed by atoms with van der Waals surface area (Å²) >= 11 is 0. The van der Waals surface area contributed by atoms with Gasteiger partial charge in [0.05, 0.1) is 18.1 Å². The predicted octanol–water partition coefficient (Wildman–Crippen LogP) is 0.985. The summed E-state index contributed by atoms with van der Waals surface area (Å²) in [4.78, 5) is 24.1. The van der Waals surface area contributed by atoms with Crippen molar-refractivity contribution in [3.8, 4) is 0 Å². The van der Waals surface area contributed by atoms with Gasteiger partial charge in [-0.1, -0.05) is 12.1 Å². The van der Waals surface area contributed by atoms with Crippen molar-refractivity contribution in [1.82, 2.24) is 9.62 Å². The van der Waals surface area contributed by atoms with Crippen LogP contribution >= 0.6 is 0 Å². The molecule has 0 unspecified atom stereocenters. The highest BCUT2D eigenvalue weighted by molar-refractivity contribution is 7.89. The fraction of sp³-hybridized carbons (Fsp3) is 0.429. The van der Waals surface area contributed by atoms with E-state index in [2.05, 4.69) is 4.72 Å². The fourth-order valence-corrected chi connectivity index (χ4v) is 2.64. The van der Waals surface area contributed by atoms with Crippen molar-refractivity contribution in [2.24, 2.45) is 0 Å². The standard InChI is InChI=1S/C14H19FN2O4S/c1-11(18)12-4-6-13(7-5-12)22(20,21)16-10-14(19)17(2)9-3-8-15/h4-7,16H,3,8-10H2,1-2H3. The van der Waals surface area contributed by atoms with Crippen LogP contribution in [0.3, 0.4) is 0 Å². The molecule has 1 aromatic rings. The first kappa shape index (κ1) is 18.2. The van der Waals surface area contributed by atoms with E-state index in [4.69, 9.17) is 0 Å². The number of sulfonamides is 1. The molecule has 0 aromatic heterocycles. The number of rotatable bonds is 8. The number of alkyl halides is 1. The average Bonchev–Trinajstić information content (AvgIpc) is 2.50. The van der Waals surface area contributed by atoms with Gasteiger partial charge in [0.2, 0.25) is 15.9 Å². The third-order valence-corrected chi connectivity index (χ3v) is 4.45. The molecule has 1 rings (SSSR count). The number of nitrogens with one attached hydrogen (secondary N) is 1. The molecule has 0 aliphatic heterocycles. The Morgan fingerprint density at radius 1 is 1.23 bits per heavy atom. The number of nitrogens with zero attached hydrogens (tertiary/aromatic N) is 1. The number of likely N-dealkylation sites (N-methyl/N-ethyl adjacent to an activating group) is 1. The molecule has 1 aromatic carbocycles. The van der Waals surface area contributed by atoms with Crippen LogP contribution in [-0.2, 0) is 14.8 Å². The normalized spacial score (nSPS) is 11.2. The second-order valence-electron chi connectivity index (χ2n) is 4.76. The summed E-state index contributed by atoms with van der Waals surface area (Å²) in [5.41, 5.74) is 0.404. The summed E-state index contributed by atoms with van der Waals surface area (Å²) in [6.07, 6.45) is 0.210. The average molecular weight is 330 g/mol. The minimum atomic E-state index is -3.83. The smallest absolute Gasteiger partial charge is 0.241 e. The maximum absolute atomic E-state index is 12.0. The maximum Gasteiger partial charge on any atom is 0.241 e. The molecule has 0 spiro atoms. The van der Waals surface area contributed by atoms with Gasteiger partial charge in [0.1, 0.15) is 0 Å². The van der Waals surface area contributed by atoms with Crippen molar-refractivity contribution in [2.75, 3.05) is 26.8 Å². The zero-order chi connectivity index (χ0) is 16.8. The second-order valence-corrected chi connectivity index (χ2v) is 6.53. The summed E-state index contributed by atoms with van der Waals surface area (Å²) < 4.78 is 38.3. The molecule has 122 valence electrons. The molecule has 22 heavy (non-hydrogen) atoms. The predicted molar refractivity (Wildman–Crippen MR) is 79.9 cm³/mol. The number of carbonyl (C=O) groups is 2. The number of halogens is 1. The minimum Gasteiger partial charge on any atom is -0.345 e. The first-order chi connectivity index (χ1) is 10.3. The maximum atomic E-state index is 12.0. The lowest BCUT2D eigenvalue weighted by molar-refractivity contribution is -0.128. The third kappa shape index (κ3) is 5.19. The van der Waals surface area contributed by atoms with Gasteiger partial charge in [0.25, 0.3) is 0 Å². The summed E-state index contributed by atoms with van der Waals surface area (Å²) in [6.45, 7) is 0.670. The van der Waals surface area contributed by atoms with Crippen LogP contribution in [0.5, 0.6) is 0 Å². The Balaban J connectivity index is 2.67. The van der Waals surface area contributed by atoms with Gasteiger partial charge in [-0.25, -0.2) is 13.1 Å². The van der Waals surface area contributed by atoms with E-state index < -0.39 is 29.1 Å². The number of ketones is 1. The van der Waals surface area contributed by atoms with Gasteiger partial charge < -0.3 is 4.90 Å². The molecule has 0 aliphatic rings. The Bertz CT molecular complexity index is 629. The van der Waals surface area contributed by atoms with Crippen LogP contribution in [0.2, 0.25) is 0 Å². The van der Waals surface area contributed by atoms with E-state index in [1.807, 2.05) is 0 Å².